The van der Waals surface area contributed by atoms with Gasteiger partial charge in [0.25, 0.3) is 0 Å². The summed E-state index contributed by atoms with van der Waals surface area (Å²) in [6.07, 6.45) is 8.59. The number of hydrogen-bond acceptors (Lipinski definition) is 3. The van der Waals surface area contributed by atoms with Crippen LogP contribution in [0, 0.1) is 11.8 Å². The average Bonchev–Trinajstić information content (AvgIpc) is 3.21. The zero-order valence-corrected chi connectivity index (χ0v) is 12.6. The Morgan fingerprint density at radius 3 is 2.68 bits per heavy atom. The van der Waals surface area contributed by atoms with E-state index in [1.807, 2.05) is 17.0 Å². The lowest BCUT2D eigenvalue weighted by Crippen LogP contribution is -2.53. The number of aromatic nitrogens is 1. The van der Waals surface area contributed by atoms with Crippen LogP contribution in [0.4, 0.5) is 0 Å². The molecular formula is C17H21N3O2. The standard InChI is InChI=1S/C17H21N3O2/c21-16(19-10-11-5-7-18-8-6-11)15-13-3-4-14(9-13)20(15)17(22)12-1-2-12/h5-8,12-15H,1-4,9-10H2,(H,19,21). The van der Waals surface area contributed by atoms with Crippen molar-refractivity contribution in [1.82, 2.24) is 15.2 Å². The van der Waals surface area contributed by atoms with E-state index in [0.29, 0.717) is 18.5 Å². The van der Waals surface area contributed by atoms with Crippen molar-refractivity contribution < 1.29 is 9.59 Å². The number of hydrogen-bond donors (Lipinski definition) is 1. The molecule has 3 unspecified atom stereocenters. The molecule has 3 aliphatic rings. The third kappa shape index (κ3) is 2.38. The van der Waals surface area contributed by atoms with Gasteiger partial charge in [0.05, 0.1) is 0 Å². The Morgan fingerprint density at radius 2 is 1.95 bits per heavy atom. The quantitative estimate of drug-likeness (QED) is 0.916. The van der Waals surface area contributed by atoms with Crippen molar-refractivity contribution in [3.63, 3.8) is 0 Å². The number of nitrogens with one attached hydrogen (secondary N) is 1. The molecule has 0 aromatic carbocycles. The fourth-order valence-corrected chi connectivity index (χ4v) is 3.98. The number of piperidine rings is 1. The van der Waals surface area contributed by atoms with Crippen molar-refractivity contribution in [3.05, 3.63) is 30.1 Å². The number of carbonyl (C=O) groups excluding carboxylic acids is 2. The molecule has 2 aliphatic carbocycles. The minimum Gasteiger partial charge on any atom is -0.350 e. The van der Waals surface area contributed by atoms with Crippen molar-refractivity contribution in [2.45, 2.75) is 50.7 Å². The van der Waals surface area contributed by atoms with Gasteiger partial charge in [0.1, 0.15) is 6.04 Å². The second-order valence-electron chi connectivity index (χ2n) is 6.76. The predicted molar refractivity (Wildman–Crippen MR) is 80.6 cm³/mol. The number of pyridine rings is 1. The molecule has 2 bridgehead atoms. The molecule has 2 saturated carbocycles. The number of nitrogens with zero attached hydrogens (tertiary/aromatic N) is 2. The highest BCUT2D eigenvalue weighted by atomic mass is 16.2. The summed E-state index contributed by atoms with van der Waals surface area (Å²) >= 11 is 0. The maximum atomic E-state index is 12.6. The Bertz CT molecular complexity index is 585. The molecule has 3 atom stereocenters. The van der Waals surface area contributed by atoms with Crippen LogP contribution < -0.4 is 5.32 Å². The SMILES string of the molecule is O=C(NCc1ccncc1)C1C2CCC(C2)N1C(=O)C1CC1. The fraction of sp³-hybridized carbons (Fsp3) is 0.588. The normalized spacial score (nSPS) is 29.6. The van der Waals surface area contributed by atoms with Gasteiger partial charge in [-0.2, -0.15) is 0 Å². The Morgan fingerprint density at radius 1 is 1.18 bits per heavy atom. The third-order valence-electron chi connectivity index (χ3n) is 5.25. The van der Waals surface area contributed by atoms with Gasteiger partial charge >= 0.3 is 0 Å². The summed E-state index contributed by atoms with van der Waals surface area (Å²) in [4.78, 5) is 31.1. The Labute approximate surface area is 130 Å². The molecule has 2 amide bonds. The second kappa shape index (κ2) is 5.38. The molecule has 2 heterocycles. The molecule has 5 nitrogen and oxygen atoms in total. The van der Waals surface area contributed by atoms with Gasteiger partial charge in [0, 0.05) is 30.9 Å². The molecule has 1 aromatic rings. The van der Waals surface area contributed by atoms with Gasteiger partial charge in [-0.15, -0.1) is 0 Å². The highest BCUT2D eigenvalue weighted by molar-refractivity contribution is 5.90. The first-order chi connectivity index (χ1) is 10.7. The van der Waals surface area contributed by atoms with Crippen LogP contribution in [0.3, 0.4) is 0 Å². The van der Waals surface area contributed by atoms with E-state index < -0.39 is 0 Å². The molecule has 5 heteroatoms. The highest BCUT2D eigenvalue weighted by Gasteiger charge is 2.53. The summed E-state index contributed by atoms with van der Waals surface area (Å²) in [6.45, 7) is 0.501. The zero-order valence-electron chi connectivity index (χ0n) is 12.6. The van der Waals surface area contributed by atoms with Gasteiger partial charge in [-0.25, -0.2) is 0 Å². The van der Waals surface area contributed by atoms with E-state index >= 15 is 0 Å². The van der Waals surface area contributed by atoms with Crippen LogP contribution in [0.5, 0.6) is 0 Å². The summed E-state index contributed by atoms with van der Waals surface area (Å²) in [6, 6.07) is 3.85. The first kappa shape index (κ1) is 13.7. The van der Waals surface area contributed by atoms with Gasteiger partial charge in [0.2, 0.25) is 11.8 Å². The number of amides is 2. The van der Waals surface area contributed by atoms with Gasteiger partial charge in [-0.05, 0) is 55.7 Å². The Balaban J connectivity index is 1.45. The van der Waals surface area contributed by atoms with Crippen LogP contribution in [-0.4, -0.2) is 33.8 Å². The van der Waals surface area contributed by atoms with Crippen LogP contribution >= 0.6 is 0 Å². The summed E-state index contributed by atoms with van der Waals surface area (Å²) in [5.74, 6) is 0.772. The number of carbonyl (C=O) groups is 2. The van der Waals surface area contributed by atoms with E-state index in [-0.39, 0.29) is 23.8 Å². The summed E-state index contributed by atoms with van der Waals surface area (Å²) < 4.78 is 0. The van der Waals surface area contributed by atoms with Gasteiger partial charge < -0.3 is 10.2 Å². The summed E-state index contributed by atoms with van der Waals surface area (Å²) in [7, 11) is 0. The molecule has 4 rings (SSSR count). The van der Waals surface area contributed by atoms with Crippen molar-refractivity contribution in [2.24, 2.45) is 11.8 Å². The monoisotopic (exact) mass is 299 g/mol. The minimum atomic E-state index is -0.242. The largest absolute Gasteiger partial charge is 0.350 e. The predicted octanol–water partition coefficient (Wildman–Crippen LogP) is 1.49. The van der Waals surface area contributed by atoms with Crippen molar-refractivity contribution in [2.75, 3.05) is 0 Å². The molecule has 116 valence electrons. The topological polar surface area (TPSA) is 62.3 Å². The van der Waals surface area contributed by atoms with E-state index in [2.05, 4.69) is 10.3 Å². The molecule has 22 heavy (non-hydrogen) atoms. The van der Waals surface area contributed by atoms with Crippen LogP contribution in [-0.2, 0) is 16.1 Å². The molecule has 1 N–H and O–H groups in total. The van der Waals surface area contributed by atoms with Crippen LogP contribution in [0.25, 0.3) is 0 Å². The van der Waals surface area contributed by atoms with E-state index in [1.54, 1.807) is 12.4 Å². The summed E-state index contributed by atoms with van der Waals surface area (Å²) in [5, 5.41) is 3.01. The Kier molecular flexibility index (Phi) is 3.36. The van der Waals surface area contributed by atoms with Gasteiger partial charge in [-0.3, -0.25) is 14.6 Å². The molecule has 1 aromatic heterocycles. The molecule has 3 fully saturated rings. The van der Waals surface area contributed by atoms with Crippen LogP contribution in [0.2, 0.25) is 0 Å². The van der Waals surface area contributed by atoms with Crippen molar-refractivity contribution >= 4 is 11.8 Å². The maximum absolute atomic E-state index is 12.6. The Hall–Kier alpha value is -1.91. The van der Waals surface area contributed by atoms with Crippen LogP contribution in [0.15, 0.2) is 24.5 Å². The molecule has 1 saturated heterocycles. The third-order valence-corrected chi connectivity index (χ3v) is 5.25. The number of likely N-dealkylation sites (tertiary alicyclic amines) is 1. The lowest BCUT2D eigenvalue weighted by molar-refractivity contribution is -0.143. The van der Waals surface area contributed by atoms with Gasteiger partial charge in [0.15, 0.2) is 0 Å². The molecule has 1 aliphatic heterocycles. The second-order valence-corrected chi connectivity index (χ2v) is 6.76. The lowest BCUT2D eigenvalue weighted by atomic mass is 9.97. The van der Waals surface area contributed by atoms with Crippen LogP contribution in [0.1, 0.15) is 37.7 Å². The molecule has 0 radical (unpaired) electrons. The minimum absolute atomic E-state index is 0.0120. The number of fused-ring (bicyclic) bond motifs is 2. The van der Waals surface area contributed by atoms with E-state index in [9.17, 15) is 9.59 Å². The smallest absolute Gasteiger partial charge is 0.243 e. The lowest BCUT2D eigenvalue weighted by Gasteiger charge is -2.34. The molecular weight excluding hydrogens is 278 g/mol. The van der Waals surface area contributed by atoms with E-state index in [0.717, 1.165) is 37.7 Å². The average molecular weight is 299 g/mol. The fourth-order valence-electron chi connectivity index (χ4n) is 3.98. The first-order valence-corrected chi connectivity index (χ1v) is 8.23. The highest BCUT2D eigenvalue weighted by Crippen LogP contribution is 2.45. The number of rotatable bonds is 4. The first-order valence-electron chi connectivity index (χ1n) is 8.23. The maximum Gasteiger partial charge on any atom is 0.243 e. The van der Waals surface area contributed by atoms with Crippen molar-refractivity contribution in [1.29, 1.82) is 0 Å². The van der Waals surface area contributed by atoms with Gasteiger partial charge in [-0.1, -0.05) is 0 Å². The van der Waals surface area contributed by atoms with E-state index in [1.165, 1.54) is 0 Å². The van der Waals surface area contributed by atoms with Crippen molar-refractivity contribution in [3.8, 4) is 0 Å². The van der Waals surface area contributed by atoms with E-state index in [4.69, 9.17) is 0 Å². The zero-order chi connectivity index (χ0) is 15.1. The molecule has 0 spiro atoms. The summed E-state index contributed by atoms with van der Waals surface area (Å²) in [5.41, 5.74) is 1.03.